The van der Waals surface area contributed by atoms with Crippen LogP contribution in [0.15, 0.2) is 36.7 Å². The molecule has 0 saturated carbocycles. The molecule has 0 aliphatic rings. The second-order valence-electron chi connectivity index (χ2n) is 4.43. The highest BCUT2D eigenvalue weighted by atomic mass is 16.2. The summed E-state index contributed by atoms with van der Waals surface area (Å²) in [5.41, 5.74) is 6.47. The number of nitrogens with two attached hydrogens (primary N) is 1. The zero-order valence-corrected chi connectivity index (χ0v) is 11.3. The molecule has 1 heterocycles. The Morgan fingerprint density at radius 2 is 2.05 bits per heavy atom. The number of anilines is 1. The lowest BCUT2D eigenvalue weighted by Gasteiger charge is -2.12. The molecular weight excluding hydrogens is 270 g/mol. The number of nitriles is 1. The SMILES string of the molecule is CC(C(=O)Nc1ccc(C#N)cc1)n1cc(C(N)=O)cn1. The molecule has 106 valence electrons. The van der Waals surface area contributed by atoms with Gasteiger partial charge in [0.05, 0.1) is 23.4 Å². The van der Waals surface area contributed by atoms with E-state index in [4.69, 9.17) is 11.0 Å². The molecule has 0 bridgehead atoms. The molecule has 21 heavy (non-hydrogen) atoms. The molecule has 0 aliphatic carbocycles. The highest BCUT2D eigenvalue weighted by Crippen LogP contribution is 2.13. The predicted molar refractivity (Wildman–Crippen MR) is 75.2 cm³/mol. The molecule has 2 rings (SSSR count). The van der Waals surface area contributed by atoms with Gasteiger partial charge >= 0.3 is 0 Å². The molecule has 1 unspecified atom stereocenters. The molecular formula is C14H13N5O2. The topological polar surface area (TPSA) is 114 Å². The van der Waals surface area contributed by atoms with Gasteiger partial charge in [-0.05, 0) is 31.2 Å². The summed E-state index contributed by atoms with van der Waals surface area (Å²) in [6.07, 6.45) is 2.74. The monoisotopic (exact) mass is 283 g/mol. The maximum atomic E-state index is 12.1. The number of nitrogens with one attached hydrogen (secondary N) is 1. The van der Waals surface area contributed by atoms with Gasteiger partial charge in [-0.15, -0.1) is 0 Å². The van der Waals surface area contributed by atoms with Gasteiger partial charge in [0, 0.05) is 11.9 Å². The van der Waals surface area contributed by atoms with Crippen molar-refractivity contribution in [2.45, 2.75) is 13.0 Å². The Hall–Kier alpha value is -3.14. The number of rotatable bonds is 4. The van der Waals surface area contributed by atoms with Crippen LogP contribution in [0.2, 0.25) is 0 Å². The molecule has 0 aliphatic heterocycles. The largest absolute Gasteiger partial charge is 0.366 e. The standard InChI is InChI=1S/C14H13N5O2/c1-9(19-8-11(7-17-19)13(16)20)14(21)18-12-4-2-10(6-15)3-5-12/h2-5,7-9H,1H3,(H2,16,20)(H,18,21). The van der Waals surface area contributed by atoms with Crippen molar-refractivity contribution in [3.8, 4) is 6.07 Å². The van der Waals surface area contributed by atoms with Gasteiger partial charge in [-0.1, -0.05) is 0 Å². The maximum absolute atomic E-state index is 12.1. The van der Waals surface area contributed by atoms with Crippen molar-refractivity contribution in [2.24, 2.45) is 5.73 Å². The van der Waals surface area contributed by atoms with Crippen LogP contribution < -0.4 is 11.1 Å². The maximum Gasteiger partial charge on any atom is 0.251 e. The number of nitrogens with zero attached hydrogens (tertiary/aromatic N) is 3. The molecule has 1 aromatic carbocycles. The molecule has 7 heteroatoms. The highest BCUT2D eigenvalue weighted by molar-refractivity contribution is 5.94. The molecule has 0 saturated heterocycles. The molecule has 7 nitrogen and oxygen atoms in total. The molecule has 0 radical (unpaired) electrons. The van der Waals surface area contributed by atoms with Gasteiger partial charge in [0.15, 0.2) is 0 Å². The minimum Gasteiger partial charge on any atom is -0.366 e. The second-order valence-corrected chi connectivity index (χ2v) is 4.43. The third-order valence-electron chi connectivity index (χ3n) is 2.94. The zero-order valence-electron chi connectivity index (χ0n) is 11.3. The average molecular weight is 283 g/mol. The summed E-state index contributed by atoms with van der Waals surface area (Å²) in [5.74, 6) is -0.889. The van der Waals surface area contributed by atoms with E-state index in [0.717, 1.165) is 0 Å². The number of amides is 2. The van der Waals surface area contributed by atoms with E-state index in [0.29, 0.717) is 11.3 Å². The van der Waals surface area contributed by atoms with Crippen molar-refractivity contribution in [2.75, 3.05) is 5.32 Å². The lowest BCUT2D eigenvalue weighted by atomic mass is 10.2. The van der Waals surface area contributed by atoms with Crippen LogP contribution in [-0.4, -0.2) is 21.6 Å². The average Bonchev–Trinajstić information content (AvgIpc) is 2.97. The van der Waals surface area contributed by atoms with Crippen molar-refractivity contribution >= 4 is 17.5 Å². The van der Waals surface area contributed by atoms with Crippen LogP contribution in [0, 0.1) is 11.3 Å². The van der Waals surface area contributed by atoms with Crippen LogP contribution in [0.5, 0.6) is 0 Å². The molecule has 1 atom stereocenters. The number of aromatic nitrogens is 2. The van der Waals surface area contributed by atoms with Crippen molar-refractivity contribution in [3.05, 3.63) is 47.8 Å². The van der Waals surface area contributed by atoms with Crippen molar-refractivity contribution in [1.29, 1.82) is 5.26 Å². The van der Waals surface area contributed by atoms with E-state index in [2.05, 4.69) is 10.4 Å². The van der Waals surface area contributed by atoms with Gasteiger partial charge in [0.2, 0.25) is 5.91 Å². The number of carbonyl (C=O) groups excluding carboxylic acids is 2. The van der Waals surface area contributed by atoms with Gasteiger partial charge in [0.1, 0.15) is 6.04 Å². The summed E-state index contributed by atoms with van der Waals surface area (Å²) in [6.45, 7) is 1.65. The van der Waals surface area contributed by atoms with E-state index < -0.39 is 11.9 Å². The fraction of sp³-hybridized carbons (Fsp3) is 0.143. The van der Waals surface area contributed by atoms with E-state index in [9.17, 15) is 9.59 Å². The van der Waals surface area contributed by atoms with Crippen LogP contribution in [0.1, 0.15) is 28.9 Å². The lowest BCUT2D eigenvalue weighted by Crippen LogP contribution is -2.24. The Labute approximate surface area is 121 Å². The Morgan fingerprint density at radius 3 is 2.57 bits per heavy atom. The zero-order chi connectivity index (χ0) is 15.4. The first-order chi connectivity index (χ1) is 10.0. The van der Waals surface area contributed by atoms with Crippen LogP contribution in [0.3, 0.4) is 0 Å². The van der Waals surface area contributed by atoms with Crippen molar-refractivity contribution in [3.63, 3.8) is 0 Å². The summed E-state index contributed by atoms with van der Waals surface area (Å²) in [5, 5.41) is 15.4. The molecule has 0 spiro atoms. The summed E-state index contributed by atoms with van der Waals surface area (Å²) >= 11 is 0. The predicted octanol–water partition coefficient (Wildman–Crippen LogP) is 1.05. The summed E-state index contributed by atoms with van der Waals surface area (Å²) in [7, 11) is 0. The third-order valence-corrected chi connectivity index (χ3v) is 2.94. The molecule has 1 aromatic heterocycles. The smallest absolute Gasteiger partial charge is 0.251 e. The number of hydrogen-bond acceptors (Lipinski definition) is 4. The highest BCUT2D eigenvalue weighted by Gasteiger charge is 2.17. The summed E-state index contributed by atoms with van der Waals surface area (Å²) in [4.78, 5) is 23.1. The number of hydrogen-bond donors (Lipinski definition) is 2. The van der Waals surface area contributed by atoms with Crippen LogP contribution in [0.25, 0.3) is 0 Å². The fourth-order valence-corrected chi connectivity index (χ4v) is 1.67. The van der Waals surface area contributed by atoms with Gasteiger partial charge in [-0.2, -0.15) is 10.4 Å². The first-order valence-corrected chi connectivity index (χ1v) is 6.16. The van der Waals surface area contributed by atoms with E-state index in [1.807, 2.05) is 6.07 Å². The Morgan fingerprint density at radius 1 is 1.38 bits per heavy atom. The van der Waals surface area contributed by atoms with Crippen LogP contribution in [0.4, 0.5) is 5.69 Å². The number of carbonyl (C=O) groups is 2. The number of benzene rings is 1. The first-order valence-electron chi connectivity index (χ1n) is 6.16. The fourth-order valence-electron chi connectivity index (χ4n) is 1.67. The normalized spacial score (nSPS) is 11.4. The van der Waals surface area contributed by atoms with E-state index >= 15 is 0 Å². The summed E-state index contributed by atoms with van der Waals surface area (Å²) < 4.78 is 1.36. The van der Waals surface area contributed by atoms with Gasteiger partial charge in [0.25, 0.3) is 5.91 Å². The molecule has 3 N–H and O–H groups in total. The van der Waals surface area contributed by atoms with Gasteiger partial charge in [-0.25, -0.2) is 0 Å². The van der Waals surface area contributed by atoms with E-state index in [-0.39, 0.29) is 11.5 Å². The Bertz CT molecular complexity index is 712. The lowest BCUT2D eigenvalue weighted by molar-refractivity contribution is -0.119. The molecule has 2 amide bonds. The molecule has 0 fully saturated rings. The van der Waals surface area contributed by atoms with Gasteiger partial charge < -0.3 is 11.1 Å². The van der Waals surface area contributed by atoms with Crippen LogP contribution in [-0.2, 0) is 4.79 Å². The summed E-state index contributed by atoms with van der Waals surface area (Å²) in [6, 6.07) is 7.90. The number of primary amides is 1. The Kier molecular flexibility index (Phi) is 4.00. The van der Waals surface area contributed by atoms with Gasteiger partial charge in [-0.3, -0.25) is 14.3 Å². The Balaban J connectivity index is 2.07. The first kappa shape index (κ1) is 14.3. The quantitative estimate of drug-likeness (QED) is 0.872. The van der Waals surface area contributed by atoms with Crippen LogP contribution >= 0.6 is 0 Å². The van der Waals surface area contributed by atoms with Crippen molar-refractivity contribution in [1.82, 2.24) is 9.78 Å². The second kappa shape index (κ2) is 5.88. The van der Waals surface area contributed by atoms with Crippen molar-refractivity contribution < 1.29 is 9.59 Å². The van der Waals surface area contributed by atoms with E-state index in [1.165, 1.54) is 17.1 Å². The minimum atomic E-state index is -0.603. The molecule has 2 aromatic rings. The third kappa shape index (κ3) is 3.25. The van der Waals surface area contributed by atoms with E-state index in [1.54, 1.807) is 31.2 Å². The minimum absolute atomic E-state index is 0.244.